The predicted molar refractivity (Wildman–Crippen MR) is 51.7 cm³/mol. The smallest absolute Gasteiger partial charge is 0.323 e. The van der Waals surface area contributed by atoms with Crippen LogP contribution in [0.3, 0.4) is 0 Å². The summed E-state index contributed by atoms with van der Waals surface area (Å²) >= 11 is 0. The Morgan fingerprint density at radius 1 is 1.62 bits per heavy atom. The number of hydrogen-bond donors (Lipinski definition) is 2. The highest BCUT2D eigenvalue weighted by Crippen LogP contribution is 2.31. The third kappa shape index (κ3) is 2.31. The van der Waals surface area contributed by atoms with Crippen molar-refractivity contribution >= 4 is 5.97 Å². The fraction of sp³-hybridized carbons (Fsp3) is 0.700. The molecule has 0 saturated heterocycles. The molecule has 3 heteroatoms. The molecule has 13 heavy (non-hydrogen) atoms. The molecule has 0 spiro atoms. The molecular weight excluding hydrogens is 166 g/mol. The zero-order chi connectivity index (χ0) is 9.90. The Morgan fingerprint density at radius 2 is 2.23 bits per heavy atom. The molecule has 1 fully saturated rings. The van der Waals surface area contributed by atoms with Crippen LogP contribution in [-0.4, -0.2) is 23.2 Å². The van der Waals surface area contributed by atoms with E-state index in [-0.39, 0.29) is 0 Å². The first-order valence-electron chi connectivity index (χ1n) is 4.70. The van der Waals surface area contributed by atoms with Crippen molar-refractivity contribution in [2.24, 2.45) is 0 Å². The molecule has 0 unspecified atom stereocenters. The van der Waals surface area contributed by atoms with Gasteiger partial charge in [-0.25, -0.2) is 0 Å². The van der Waals surface area contributed by atoms with Crippen molar-refractivity contribution in [3.8, 4) is 0 Å². The van der Waals surface area contributed by atoms with Gasteiger partial charge in [-0.15, -0.1) is 6.58 Å². The normalized spacial score (nSPS) is 19.2. The molecule has 0 bridgehead atoms. The summed E-state index contributed by atoms with van der Waals surface area (Å²) in [6.45, 7) is 6.45. The van der Waals surface area contributed by atoms with E-state index >= 15 is 0 Å². The summed E-state index contributed by atoms with van der Waals surface area (Å²) in [4.78, 5) is 10.9. The van der Waals surface area contributed by atoms with Crippen LogP contribution < -0.4 is 5.32 Å². The Labute approximate surface area is 78.8 Å². The third-order valence-electron chi connectivity index (χ3n) is 2.63. The van der Waals surface area contributed by atoms with Gasteiger partial charge < -0.3 is 10.4 Å². The number of rotatable bonds is 5. The molecule has 0 aromatic rings. The minimum Gasteiger partial charge on any atom is -0.480 e. The van der Waals surface area contributed by atoms with Gasteiger partial charge in [-0.3, -0.25) is 4.79 Å². The molecule has 0 aromatic heterocycles. The van der Waals surface area contributed by atoms with E-state index in [4.69, 9.17) is 5.11 Å². The lowest BCUT2D eigenvalue weighted by Crippen LogP contribution is -2.57. The van der Waals surface area contributed by atoms with E-state index in [0.29, 0.717) is 0 Å². The van der Waals surface area contributed by atoms with Gasteiger partial charge in [0, 0.05) is 0 Å². The Kier molecular flexibility index (Phi) is 3.09. The van der Waals surface area contributed by atoms with Crippen LogP contribution >= 0.6 is 0 Å². The van der Waals surface area contributed by atoms with E-state index in [0.717, 1.165) is 37.8 Å². The van der Waals surface area contributed by atoms with E-state index in [9.17, 15) is 4.79 Å². The molecule has 0 amide bonds. The van der Waals surface area contributed by atoms with Crippen molar-refractivity contribution in [3.05, 3.63) is 12.2 Å². The SMILES string of the molecule is C=C(C)CCNC1(C(=O)O)CCC1. The first-order valence-corrected chi connectivity index (χ1v) is 4.70. The minimum absolute atomic E-state index is 0.616. The number of carbonyl (C=O) groups is 1. The highest BCUT2D eigenvalue weighted by molar-refractivity contribution is 5.79. The van der Waals surface area contributed by atoms with Crippen LogP contribution in [0.15, 0.2) is 12.2 Å². The Hall–Kier alpha value is -0.830. The van der Waals surface area contributed by atoms with Crippen molar-refractivity contribution in [3.63, 3.8) is 0 Å². The van der Waals surface area contributed by atoms with Crippen LogP contribution in [-0.2, 0) is 4.79 Å². The predicted octanol–water partition coefficient (Wildman–Crippen LogP) is 1.55. The van der Waals surface area contributed by atoms with Gasteiger partial charge in [0.15, 0.2) is 0 Å². The first kappa shape index (κ1) is 10.3. The van der Waals surface area contributed by atoms with Gasteiger partial charge in [0.25, 0.3) is 0 Å². The maximum absolute atomic E-state index is 10.9. The minimum atomic E-state index is -0.708. The Bertz CT molecular complexity index is 219. The molecule has 1 saturated carbocycles. The van der Waals surface area contributed by atoms with Crippen molar-refractivity contribution in [2.75, 3.05) is 6.54 Å². The molecule has 74 valence electrons. The molecule has 1 rings (SSSR count). The van der Waals surface area contributed by atoms with E-state index in [1.807, 2.05) is 6.92 Å². The molecule has 1 aliphatic rings. The fourth-order valence-corrected chi connectivity index (χ4v) is 1.51. The third-order valence-corrected chi connectivity index (χ3v) is 2.63. The highest BCUT2D eigenvalue weighted by atomic mass is 16.4. The highest BCUT2D eigenvalue weighted by Gasteiger charge is 2.43. The Balaban J connectivity index is 2.32. The summed E-state index contributed by atoms with van der Waals surface area (Å²) in [5, 5.41) is 12.1. The molecule has 0 atom stereocenters. The van der Waals surface area contributed by atoms with Crippen LogP contribution in [0.2, 0.25) is 0 Å². The molecule has 2 N–H and O–H groups in total. The summed E-state index contributed by atoms with van der Waals surface area (Å²) in [5.41, 5.74) is 0.475. The standard InChI is InChI=1S/C10H17NO2/c1-8(2)4-7-11-10(9(12)13)5-3-6-10/h11H,1,3-7H2,2H3,(H,12,13). The number of aliphatic carboxylic acids is 1. The summed E-state index contributed by atoms with van der Waals surface area (Å²) in [6, 6.07) is 0. The summed E-state index contributed by atoms with van der Waals surface area (Å²) in [7, 11) is 0. The molecule has 0 heterocycles. The monoisotopic (exact) mass is 183 g/mol. The lowest BCUT2D eigenvalue weighted by Gasteiger charge is -2.38. The van der Waals surface area contributed by atoms with Crippen molar-refractivity contribution in [1.29, 1.82) is 0 Å². The molecular formula is C10H17NO2. The van der Waals surface area contributed by atoms with E-state index in [1.165, 1.54) is 0 Å². The average Bonchev–Trinajstić information content (AvgIpc) is 1.93. The number of nitrogens with one attached hydrogen (secondary N) is 1. The number of carboxylic acids is 1. The lowest BCUT2D eigenvalue weighted by atomic mass is 9.77. The van der Waals surface area contributed by atoms with Crippen LogP contribution in [0, 0.1) is 0 Å². The zero-order valence-electron chi connectivity index (χ0n) is 8.10. The van der Waals surface area contributed by atoms with Gasteiger partial charge in [-0.1, -0.05) is 5.57 Å². The van der Waals surface area contributed by atoms with Gasteiger partial charge in [0.2, 0.25) is 0 Å². The second-order valence-electron chi connectivity index (χ2n) is 3.87. The molecule has 0 aliphatic heterocycles. The largest absolute Gasteiger partial charge is 0.480 e. The molecule has 0 radical (unpaired) electrons. The number of carboxylic acid groups (broad SMARTS) is 1. The van der Waals surface area contributed by atoms with Crippen molar-refractivity contribution in [2.45, 2.75) is 38.1 Å². The van der Waals surface area contributed by atoms with E-state index < -0.39 is 11.5 Å². The maximum Gasteiger partial charge on any atom is 0.323 e. The second-order valence-corrected chi connectivity index (χ2v) is 3.87. The molecule has 1 aliphatic carbocycles. The second kappa shape index (κ2) is 3.92. The zero-order valence-corrected chi connectivity index (χ0v) is 8.10. The lowest BCUT2D eigenvalue weighted by molar-refractivity contribution is -0.148. The summed E-state index contributed by atoms with van der Waals surface area (Å²) < 4.78 is 0. The molecule has 3 nitrogen and oxygen atoms in total. The van der Waals surface area contributed by atoms with Crippen LogP contribution in [0.5, 0.6) is 0 Å². The van der Waals surface area contributed by atoms with E-state index in [2.05, 4.69) is 11.9 Å². The van der Waals surface area contributed by atoms with Gasteiger partial charge in [-0.2, -0.15) is 0 Å². The first-order chi connectivity index (χ1) is 6.07. The van der Waals surface area contributed by atoms with Gasteiger partial charge in [0.05, 0.1) is 0 Å². The molecule has 0 aromatic carbocycles. The van der Waals surface area contributed by atoms with Gasteiger partial charge in [-0.05, 0) is 39.2 Å². The maximum atomic E-state index is 10.9. The van der Waals surface area contributed by atoms with Crippen LogP contribution in [0.1, 0.15) is 32.6 Å². The quantitative estimate of drug-likeness (QED) is 0.636. The van der Waals surface area contributed by atoms with Crippen LogP contribution in [0.4, 0.5) is 0 Å². The van der Waals surface area contributed by atoms with Crippen molar-refractivity contribution < 1.29 is 9.90 Å². The summed E-state index contributed by atoms with van der Waals surface area (Å²) in [5.74, 6) is -0.708. The number of hydrogen-bond acceptors (Lipinski definition) is 2. The Morgan fingerprint density at radius 3 is 2.54 bits per heavy atom. The van der Waals surface area contributed by atoms with Crippen molar-refractivity contribution in [1.82, 2.24) is 5.32 Å². The average molecular weight is 183 g/mol. The van der Waals surface area contributed by atoms with Crippen LogP contribution in [0.25, 0.3) is 0 Å². The van der Waals surface area contributed by atoms with Gasteiger partial charge >= 0.3 is 5.97 Å². The fourth-order valence-electron chi connectivity index (χ4n) is 1.51. The topological polar surface area (TPSA) is 49.3 Å². The summed E-state index contributed by atoms with van der Waals surface area (Å²) in [6.07, 6.45) is 3.40. The van der Waals surface area contributed by atoms with Gasteiger partial charge in [0.1, 0.15) is 5.54 Å². The van der Waals surface area contributed by atoms with E-state index in [1.54, 1.807) is 0 Å².